The number of benzene rings is 1. The first kappa shape index (κ1) is 15.3. The topological polar surface area (TPSA) is 53.3 Å². The fourth-order valence-electron chi connectivity index (χ4n) is 1.72. The van der Waals surface area contributed by atoms with E-state index in [1.165, 1.54) is 0 Å². The van der Waals surface area contributed by atoms with Crippen LogP contribution in [0.15, 0.2) is 18.2 Å². The number of amides is 1. The van der Waals surface area contributed by atoms with Gasteiger partial charge in [0.2, 0.25) is 0 Å². The van der Waals surface area contributed by atoms with Gasteiger partial charge in [0, 0.05) is 24.2 Å². The first-order valence-electron chi connectivity index (χ1n) is 6.18. The third-order valence-corrected chi connectivity index (χ3v) is 3.03. The third-order valence-electron chi connectivity index (χ3n) is 2.79. The van der Waals surface area contributed by atoms with Crippen LogP contribution in [0.25, 0.3) is 0 Å². The van der Waals surface area contributed by atoms with Crippen LogP contribution in [0.3, 0.4) is 0 Å². The van der Waals surface area contributed by atoms with Crippen LogP contribution in [0.4, 0.5) is 0 Å². The number of likely N-dealkylation sites (N-methyl/N-ethyl adjacent to an activating group) is 1. The average molecular weight is 281 g/mol. The Morgan fingerprint density at radius 3 is 2.63 bits per heavy atom. The molecule has 1 aromatic rings. The molecule has 0 aromatic heterocycles. The summed E-state index contributed by atoms with van der Waals surface area (Å²) in [5, 5.41) is 9.46. The zero-order valence-corrected chi connectivity index (χ0v) is 12.1. The minimum Gasteiger partial charge on any atom is -0.479 e. The molecule has 0 radical (unpaired) electrons. The number of carbonyl (C=O) groups is 1. The van der Waals surface area contributed by atoms with Crippen molar-refractivity contribution in [3.8, 4) is 11.8 Å². The van der Waals surface area contributed by atoms with Crippen molar-refractivity contribution in [3.63, 3.8) is 0 Å². The number of hydrogen-bond acceptors (Lipinski definition) is 3. The molecular formula is C14H17ClN2O2. The normalized spacial score (nSPS) is 11.5. The molecule has 0 bridgehead atoms. The van der Waals surface area contributed by atoms with Crippen molar-refractivity contribution < 1.29 is 9.53 Å². The minimum absolute atomic E-state index is 0.103. The van der Waals surface area contributed by atoms with Crippen LogP contribution < -0.4 is 4.74 Å². The Hall–Kier alpha value is -1.73. The molecule has 1 atom stereocenters. The van der Waals surface area contributed by atoms with Crippen LogP contribution in [-0.2, 0) is 4.79 Å². The Labute approximate surface area is 118 Å². The number of carbonyl (C=O) groups excluding carboxylic acids is 1. The molecule has 19 heavy (non-hydrogen) atoms. The quantitative estimate of drug-likeness (QED) is 0.833. The van der Waals surface area contributed by atoms with Crippen molar-refractivity contribution in [2.45, 2.75) is 26.9 Å². The zero-order chi connectivity index (χ0) is 14.4. The van der Waals surface area contributed by atoms with E-state index in [0.717, 1.165) is 0 Å². The minimum atomic E-state index is -0.648. The lowest BCUT2D eigenvalue weighted by molar-refractivity contribution is -0.137. The molecule has 0 fully saturated rings. The monoisotopic (exact) mass is 280 g/mol. The van der Waals surface area contributed by atoms with Crippen LogP contribution in [0.5, 0.6) is 5.75 Å². The summed E-state index contributed by atoms with van der Waals surface area (Å²) in [5.74, 6) is 0.233. The van der Waals surface area contributed by atoms with Crippen LogP contribution >= 0.6 is 11.6 Å². The summed E-state index contributed by atoms with van der Waals surface area (Å²) in [6.45, 7) is 6.75. The summed E-state index contributed by atoms with van der Waals surface area (Å²) in [4.78, 5) is 13.8. The highest BCUT2D eigenvalue weighted by Gasteiger charge is 2.20. The van der Waals surface area contributed by atoms with Crippen molar-refractivity contribution in [1.82, 2.24) is 4.90 Å². The molecule has 0 aliphatic carbocycles. The van der Waals surface area contributed by atoms with Gasteiger partial charge in [-0.25, -0.2) is 0 Å². The predicted octanol–water partition coefficient (Wildman–Crippen LogP) is 2.85. The van der Waals surface area contributed by atoms with Gasteiger partial charge in [-0.15, -0.1) is 0 Å². The van der Waals surface area contributed by atoms with Crippen molar-refractivity contribution in [2.75, 3.05) is 13.1 Å². The molecule has 0 aliphatic heterocycles. The van der Waals surface area contributed by atoms with Gasteiger partial charge in [-0.3, -0.25) is 4.79 Å². The van der Waals surface area contributed by atoms with Gasteiger partial charge in [0.1, 0.15) is 11.8 Å². The highest BCUT2D eigenvalue weighted by atomic mass is 35.5. The molecule has 1 unspecified atom stereocenters. The van der Waals surface area contributed by atoms with Gasteiger partial charge < -0.3 is 9.64 Å². The van der Waals surface area contributed by atoms with Gasteiger partial charge in [0.15, 0.2) is 6.10 Å². The van der Waals surface area contributed by atoms with Gasteiger partial charge >= 0.3 is 0 Å². The molecule has 0 saturated carbocycles. The molecule has 1 aromatic carbocycles. The number of hydrogen-bond donors (Lipinski definition) is 0. The van der Waals surface area contributed by atoms with Crippen molar-refractivity contribution in [1.29, 1.82) is 5.26 Å². The van der Waals surface area contributed by atoms with E-state index < -0.39 is 6.10 Å². The smallest absolute Gasteiger partial charge is 0.263 e. The zero-order valence-electron chi connectivity index (χ0n) is 11.3. The maximum atomic E-state index is 12.1. The van der Waals surface area contributed by atoms with Crippen LogP contribution in [0.1, 0.15) is 26.3 Å². The van der Waals surface area contributed by atoms with E-state index in [2.05, 4.69) is 0 Å². The van der Waals surface area contributed by atoms with Gasteiger partial charge in [-0.05, 0) is 32.9 Å². The lowest BCUT2D eigenvalue weighted by Gasteiger charge is -2.23. The summed E-state index contributed by atoms with van der Waals surface area (Å²) in [7, 11) is 0. The van der Waals surface area contributed by atoms with E-state index in [-0.39, 0.29) is 5.91 Å². The summed E-state index contributed by atoms with van der Waals surface area (Å²) in [6.07, 6.45) is -0.648. The maximum Gasteiger partial charge on any atom is 0.263 e. The fourth-order valence-corrected chi connectivity index (χ4v) is 1.88. The molecule has 1 amide bonds. The molecule has 1 rings (SSSR count). The highest BCUT2D eigenvalue weighted by Crippen LogP contribution is 2.24. The van der Waals surface area contributed by atoms with Crippen LogP contribution in [0, 0.1) is 11.3 Å². The van der Waals surface area contributed by atoms with Gasteiger partial charge in [-0.1, -0.05) is 11.6 Å². The van der Waals surface area contributed by atoms with E-state index >= 15 is 0 Å². The number of nitriles is 1. The lowest BCUT2D eigenvalue weighted by atomic mass is 10.2. The van der Waals surface area contributed by atoms with Crippen molar-refractivity contribution >= 4 is 17.5 Å². The third kappa shape index (κ3) is 3.87. The molecule has 102 valence electrons. The van der Waals surface area contributed by atoms with Crippen molar-refractivity contribution in [2.24, 2.45) is 0 Å². The lowest BCUT2D eigenvalue weighted by Crippen LogP contribution is -2.40. The first-order chi connectivity index (χ1) is 9.03. The number of rotatable bonds is 5. The van der Waals surface area contributed by atoms with Gasteiger partial charge in [-0.2, -0.15) is 5.26 Å². The Balaban J connectivity index is 2.88. The van der Waals surface area contributed by atoms with Crippen molar-refractivity contribution in [3.05, 3.63) is 28.8 Å². The van der Waals surface area contributed by atoms with Gasteiger partial charge in [0.05, 0.1) is 5.56 Å². The van der Waals surface area contributed by atoms with E-state index in [1.54, 1.807) is 30.0 Å². The van der Waals surface area contributed by atoms with E-state index in [9.17, 15) is 4.79 Å². The molecule has 0 saturated heterocycles. The van der Waals surface area contributed by atoms with Crippen LogP contribution in [0.2, 0.25) is 5.02 Å². The predicted molar refractivity (Wildman–Crippen MR) is 74.2 cm³/mol. The Bertz CT molecular complexity index is 493. The maximum absolute atomic E-state index is 12.1. The van der Waals surface area contributed by atoms with Gasteiger partial charge in [0.25, 0.3) is 5.91 Å². The van der Waals surface area contributed by atoms with Crippen LogP contribution in [-0.4, -0.2) is 30.0 Å². The number of nitrogens with zero attached hydrogens (tertiary/aromatic N) is 2. The molecule has 0 N–H and O–H groups in total. The second-order valence-corrected chi connectivity index (χ2v) is 4.46. The second-order valence-electron chi connectivity index (χ2n) is 4.02. The molecule has 0 heterocycles. The summed E-state index contributed by atoms with van der Waals surface area (Å²) < 4.78 is 5.57. The summed E-state index contributed by atoms with van der Waals surface area (Å²) in [5.41, 5.74) is 0.364. The SMILES string of the molecule is CCN(CC)C(=O)C(C)Oc1cc(Cl)ccc1C#N. The molecule has 4 nitrogen and oxygen atoms in total. The number of ether oxygens (including phenoxy) is 1. The highest BCUT2D eigenvalue weighted by molar-refractivity contribution is 6.30. The summed E-state index contributed by atoms with van der Waals surface area (Å²) in [6, 6.07) is 6.75. The number of halogens is 1. The summed E-state index contributed by atoms with van der Waals surface area (Å²) >= 11 is 5.87. The molecule has 5 heteroatoms. The molecule has 0 spiro atoms. The Morgan fingerprint density at radius 1 is 1.47 bits per heavy atom. The van der Waals surface area contributed by atoms with E-state index in [0.29, 0.717) is 29.4 Å². The Kier molecular flexibility index (Phi) is 5.65. The fraction of sp³-hybridized carbons (Fsp3) is 0.429. The van der Waals surface area contributed by atoms with E-state index in [1.807, 2.05) is 19.9 Å². The largest absolute Gasteiger partial charge is 0.479 e. The average Bonchev–Trinajstić information content (AvgIpc) is 2.40. The Morgan fingerprint density at radius 2 is 2.11 bits per heavy atom. The second kappa shape index (κ2) is 7.01. The molecule has 0 aliphatic rings. The molecular weight excluding hydrogens is 264 g/mol. The standard InChI is InChI=1S/C14H17ClN2O2/c1-4-17(5-2)14(18)10(3)19-13-8-12(15)7-6-11(13)9-16/h6-8,10H,4-5H2,1-3H3. The van der Waals surface area contributed by atoms with E-state index in [4.69, 9.17) is 21.6 Å². The first-order valence-corrected chi connectivity index (χ1v) is 6.56.